The summed E-state index contributed by atoms with van der Waals surface area (Å²) in [5.74, 6) is 0.121. The molecule has 0 rings (SSSR count). The Hall–Kier alpha value is -0.560. The number of hydrogen-bond acceptors (Lipinski definition) is 2. The van der Waals surface area contributed by atoms with Crippen molar-refractivity contribution in [2.24, 2.45) is 5.92 Å². The molecule has 0 heterocycles. The lowest BCUT2D eigenvalue weighted by Crippen LogP contribution is -2.34. The highest BCUT2D eigenvalue weighted by Crippen LogP contribution is 2.11. The van der Waals surface area contributed by atoms with Gasteiger partial charge in [0.05, 0.1) is 10.9 Å². The summed E-state index contributed by atoms with van der Waals surface area (Å²) in [6.45, 7) is 3.95. The number of nitrogens with zero attached hydrogens (tertiary/aromatic N) is 1. The fraction of sp³-hybridized carbons (Fsp3) is 0.714. The minimum absolute atomic E-state index is 0.0770. The van der Waals surface area contributed by atoms with Gasteiger partial charge in [0.2, 0.25) is 5.91 Å². The Labute approximate surface area is 74.9 Å². The first-order valence-corrected chi connectivity index (χ1v) is 4.30. The molecule has 11 heavy (non-hydrogen) atoms. The standard InChI is InChI=1S/C7H11BrN2O/c1-5(2)6(8)7(11)10-4-3-9/h5-6H,4H2,1-2H3,(H,10,11). The predicted molar refractivity (Wildman–Crippen MR) is 46.2 cm³/mol. The van der Waals surface area contributed by atoms with Gasteiger partial charge in [0.1, 0.15) is 6.54 Å². The van der Waals surface area contributed by atoms with E-state index in [9.17, 15) is 4.79 Å². The third-order valence-electron chi connectivity index (χ3n) is 1.18. The number of nitrogens with one attached hydrogen (secondary N) is 1. The van der Waals surface area contributed by atoms with Gasteiger partial charge >= 0.3 is 0 Å². The molecule has 0 aromatic carbocycles. The highest BCUT2D eigenvalue weighted by Gasteiger charge is 2.17. The van der Waals surface area contributed by atoms with E-state index in [1.807, 2.05) is 19.9 Å². The molecule has 4 heteroatoms. The first-order chi connectivity index (χ1) is 5.09. The highest BCUT2D eigenvalue weighted by atomic mass is 79.9. The summed E-state index contributed by atoms with van der Waals surface area (Å²) < 4.78 is 0. The van der Waals surface area contributed by atoms with Gasteiger partial charge in [0, 0.05) is 0 Å². The quantitative estimate of drug-likeness (QED) is 0.569. The first kappa shape index (κ1) is 10.4. The second-order valence-electron chi connectivity index (χ2n) is 2.52. The summed E-state index contributed by atoms with van der Waals surface area (Å²) in [5, 5.41) is 10.6. The molecule has 1 amide bonds. The van der Waals surface area contributed by atoms with E-state index in [1.165, 1.54) is 0 Å². The summed E-state index contributed by atoms with van der Waals surface area (Å²) >= 11 is 3.22. The second-order valence-corrected chi connectivity index (χ2v) is 3.51. The van der Waals surface area contributed by atoms with Crippen LogP contribution in [0.5, 0.6) is 0 Å². The molecule has 1 atom stereocenters. The zero-order valence-corrected chi connectivity index (χ0v) is 8.18. The molecule has 0 aromatic rings. The number of alkyl halides is 1. The number of amides is 1. The van der Waals surface area contributed by atoms with Crippen LogP contribution in [0.1, 0.15) is 13.8 Å². The second kappa shape index (κ2) is 5.14. The van der Waals surface area contributed by atoms with Crippen LogP contribution in [0, 0.1) is 17.2 Å². The lowest BCUT2D eigenvalue weighted by Gasteiger charge is -2.11. The molecule has 0 aliphatic heterocycles. The smallest absolute Gasteiger partial charge is 0.234 e. The normalized spacial score (nSPS) is 12.3. The number of rotatable bonds is 3. The SMILES string of the molecule is CC(C)C(Br)C(=O)NCC#N. The van der Waals surface area contributed by atoms with Gasteiger partial charge in [-0.3, -0.25) is 4.79 Å². The zero-order valence-electron chi connectivity index (χ0n) is 6.60. The van der Waals surface area contributed by atoms with Crippen LogP contribution >= 0.6 is 15.9 Å². The lowest BCUT2D eigenvalue weighted by molar-refractivity contribution is -0.120. The minimum Gasteiger partial charge on any atom is -0.342 e. The van der Waals surface area contributed by atoms with E-state index < -0.39 is 0 Å². The average Bonchev–Trinajstić information content (AvgIpc) is 1.98. The molecule has 3 nitrogen and oxygen atoms in total. The van der Waals surface area contributed by atoms with Crippen molar-refractivity contribution in [2.75, 3.05) is 6.54 Å². The molecule has 0 aromatic heterocycles. The van der Waals surface area contributed by atoms with Crippen LogP contribution in [-0.4, -0.2) is 17.3 Å². The largest absolute Gasteiger partial charge is 0.342 e. The van der Waals surface area contributed by atoms with E-state index in [0.29, 0.717) is 0 Å². The number of hydrogen-bond donors (Lipinski definition) is 1. The van der Waals surface area contributed by atoms with Crippen molar-refractivity contribution < 1.29 is 4.79 Å². The topological polar surface area (TPSA) is 52.9 Å². The molecule has 0 saturated heterocycles. The van der Waals surface area contributed by atoms with Gasteiger partial charge in [-0.2, -0.15) is 5.26 Å². The fourth-order valence-electron chi connectivity index (χ4n) is 0.527. The van der Waals surface area contributed by atoms with Crippen molar-refractivity contribution in [3.8, 4) is 6.07 Å². The molecule has 1 N–H and O–H groups in total. The molecular weight excluding hydrogens is 208 g/mol. The lowest BCUT2D eigenvalue weighted by atomic mass is 10.1. The van der Waals surface area contributed by atoms with Crippen molar-refractivity contribution in [1.29, 1.82) is 5.26 Å². The molecule has 0 fully saturated rings. The minimum atomic E-state index is -0.198. The molecule has 0 aliphatic rings. The van der Waals surface area contributed by atoms with E-state index in [4.69, 9.17) is 5.26 Å². The van der Waals surface area contributed by atoms with E-state index in [1.54, 1.807) is 0 Å². The van der Waals surface area contributed by atoms with Crippen molar-refractivity contribution in [3.05, 3.63) is 0 Å². The van der Waals surface area contributed by atoms with Gasteiger partial charge in [-0.1, -0.05) is 29.8 Å². The molecule has 1 unspecified atom stereocenters. The van der Waals surface area contributed by atoms with Crippen LogP contribution in [0.25, 0.3) is 0 Å². The number of nitriles is 1. The summed E-state index contributed by atoms with van der Waals surface area (Å²) in [6.07, 6.45) is 0. The summed E-state index contributed by atoms with van der Waals surface area (Å²) in [7, 11) is 0. The Morgan fingerprint density at radius 2 is 2.27 bits per heavy atom. The van der Waals surface area contributed by atoms with Gasteiger partial charge in [-0.05, 0) is 5.92 Å². The predicted octanol–water partition coefficient (Wildman–Crippen LogP) is 1.05. The highest BCUT2D eigenvalue weighted by molar-refractivity contribution is 9.10. The Morgan fingerprint density at radius 3 is 2.64 bits per heavy atom. The van der Waals surface area contributed by atoms with Crippen LogP contribution in [0.3, 0.4) is 0 Å². The van der Waals surface area contributed by atoms with Crippen molar-refractivity contribution in [1.82, 2.24) is 5.32 Å². The number of carbonyl (C=O) groups is 1. The van der Waals surface area contributed by atoms with Gasteiger partial charge in [-0.15, -0.1) is 0 Å². The maximum Gasteiger partial charge on any atom is 0.234 e. The zero-order chi connectivity index (χ0) is 8.85. The Bertz CT molecular complexity index is 174. The van der Waals surface area contributed by atoms with Gasteiger partial charge in [0.25, 0.3) is 0 Å². The summed E-state index contributed by atoms with van der Waals surface area (Å²) in [6, 6.07) is 1.84. The van der Waals surface area contributed by atoms with E-state index in [2.05, 4.69) is 21.2 Å². The fourth-order valence-corrected chi connectivity index (χ4v) is 0.689. The first-order valence-electron chi connectivity index (χ1n) is 3.38. The van der Waals surface area contributed by atoms with Gasteiger partial charge < -0.3 is 5.32 Å². The van der Waals surface area contributed by atoms with Crippen LogP contribution in [0.2, 0.25) is 0 Å². The molecule has 0 bridgehead atoms. The van der Waals surface area contributed by atoms with Crippen molar-refractivity contribution in [3.63, 3.8) is 0 Å². The Morgan fingerprint density at radius 1 is 1.73 bits per heavy atom. The third-order valence-corrected chi connectivity index (χ3v) is 2.65. The number of carbonyl (C=O) groups excluding carboxylic acids is 1. The molecular formula is C7H11BrN2O. The number of halogens is 1. The molecule has 0 radical (unpaired) electrons. The monoisotopic (exact) mass is 218 g/mol. The summed E-state index contributed by atoms with van der Waals surface area (Å²) in [5.41, 5.74) is 0. The Balaban J connectivity index is 3.76. The van der Waals surface area contributed by atoms with Crippen LogP contribution in [-0.2, 0) is 4.79 Å². The van der Waals surface area contributed by atoms with E-state index in [-0.39, 0.29) is 23.2 Å². The maximum atomic E-state index is 11.0. The van der Waals surface area contributed by atoms with E-state index in [0.717, 1.165) is 0 Å². The van der Waals surface area contributed by atoms with Crippen LogP contribution in [0.15, 0.2) is 0 Å². The van der Waals surface area contributed by atoms with Crippen LogP contribution < -0.4 is 5.32 Å². The van der Waals surface area contributed by atoms with E-state index >= 15 is 0 Å². The third kappa shape index (κ3) is 3.99. The molecule has 0 aliphatic carbocycles. The van der Waals surface area contributed by atoms with Gasteiger partial charge in [0.15, 0.2) is 0 Å². The molecule has 0 saturated carbocycles. The average molecular weight is 219 g/mol. The van der Waals surface area contributed by atoms with Crippen LogP contribution in [0.4, 0.5) is 0 Å². The maximum absolute atomic E-state index is 11.0. The summed E-state index contributed by atoms with van der Waals surface area (Å²) in [4.78, 5) is 10.8. The Kier molecular flexibility index (Phi) is 4.88. The van der Waals surface area contributed by atoms with Crippen molar-refractivity contribution >= 4 is 21.8 Å². The molecule has 62 valence electrons. The van der Waals surface area contributed by atoms with Crippen molar-refractivity contribution in [2.45, 2.75) is 18.7 Å². The molecule has 0 spiro atoms. The van der Waals surface area contributed by atoms with Gasteiger partial charge in [-0.25, -0.2) is 0 Å².